The summed E-state index contributed by atoms with van der Waals surface area (Å²) in [5.74, 6) is 0.0858. The fourth-order valence-corrected chi connectivity index (χ4v) is 2.46. The number of ether oxygens (including phenoxy) is 3. The lowest BCUT2D eigenvalue weighted by Crippen LogP contribution is -2.09. The number of hydrogen-bond donors (Lipinski definition) is 0. The molecule has 0 unspecified atom stereocenters. The number of carbonyl (C=O) groups excluding carboxylic acids is 1. The monoisotopic (exact) mass is 380 g/mol. The average Bonchev–Trinajstić information content (AvgIpc) is 2.60. The number of esters is 1. The van der Waals surface area contributed by atoms with Gasteiger partial charge in [0, 0.05) is 5.02 Å². The first-order valence-electron chi connectivity index (χ1n) is 7.74. The van der Waals surface area contributed by atoms with Gasteiger partial charge in [-0.25, -0.2) is 4.79 Å². The third-order valence-corrected chi connectivity index (χ3v) is 3.66. The zero-order chi connectivity index (χ0) is 18.1. The second-order valence-corrected chi connectivity index (χ2v) is 5.76. The molecule has 0 fully saturated rings. The number of hydrogen-bond acceptors (Lipinski definition) is 4. The molecular formula is C19H18Cl2O4. The van der Waals surface area contributed by atoms with Crippen molar-refractivity contribution in [1.82, 2.24) is 0 Å². The van der Waals surface area contributed by atoms with Crippen LogP contribution in [-0.4, -0.2) is 25.8 Å². The van der Waals surface area contributed by atoms with Crippen molar-refractivity contribution in [2.75, 3.05) is 19.8 Å². The van der Waals surface area contributed by atoms with Crippen LogP contribution in [0.1, 0.15) is 12.5 Å². The molecule has 0 aliphatic rings. The summed E-state index contributed by atoms with van der Waals surface area (Å²) < 4.78 is 16.0. The van der Waals surface area contributed by atoms with E-state index in [1.807, 2.05) is 30.3 Å². The van der Waals surface area contributed by atoms with Gasteiger partial charge in [-0.05, 0) is 30.7 Å². The van der Waals surface area contributed by atoms with Crippen LogP contribution in [0.4, 0.5) is 0 Å². The van der Waals surface area contributed by atoms with Crippen molar-refractivity contribution in [3.8, 4) is 5.75 Å². The van der Waals surface area contributed by atoms with Crippen LogP contribution < -0.4 is 4.74 Å². The normalized spacial score (nSPS) is 11.1. The third kappa shape index (κ3) is 6.00. The Balaban J connectivity index is 1.93. The summed E-state index contributed by atoms with van der Waals surface area (Å²) >= 11 is 11.9. The predicted octanol–water partition coefficient (Wildman–Crippen LogP) is 4.99. The molecule has 0 saturated carbocycles. The molecule has 0 bridgehead atoms. The van der Waals surface area contributed by atoms with E-state index in [9.17, 15) is 4.79 Å². The molecular weight excluding hydrogens is 363 g/mol. The van der Waals surface area contributed by atoms with E-state index in [-0.39, 0.29) is 13.2 Å². The molecule has 0 radical (unpaired) electrons. The Bertz CT molecular complexity index is 729. The van der Waals surface area contributed by atoms with Gasteiger partial charge in [0.05, 0.1) is 17.9 Å². The minimum Gasteiger partial charge on any atom is -0.497 e. The number of rotatable bonds is 8. The minimum absolute atomic E-state index is 0.245. The van der Waals surface area contributed by atoms with E-state index in [1.165, 1.54) is 6.26 Å². The largest absolute Gasteiger partial charge is 0.497 e. The average molecular weight is 381 g/mol. The highest BCUT2D eigenvalue weighted by atomic mass is 35.5. The summed E-state index contributed by atoms with van der Waals surface area (Å²) in [6.45, 7) is 2.56. The molecule has 2 rings (SSSR count). The molecule has 2 aromatic rings. The summed E-state index contributed by atoms with van der Waals surface area (Å²) in [5, 5.41) is 0.970. The molecule has 6 heteroatoms. The van der Waals surface area contributed by atoms with Crippen LogP contribution in [0.5, 0.6) is 5.75 Å². The maximum Gasteiger partial charge on any atom is 0.341 e. The van der Waals surface area contributed by atoms with Crippen LogP contribution in [0.25, 0.3) is 5.57 Å². The Morgan fingerprint density at radius 3 is 2.52 bits per heavy atom. The van der Waals surface area contributed by atoms with Gasteiger partial charge in [-0.15, -0.1) is 0 Å². The van der Waals surface area contributed by atoms with E-state index in [2.05, 4.69) is 0 Å². The summed E-state index contributed by atoms with van der Waals surface area (Å²) in [5.41, 5.74) is 1.08. The maximum absolute atomic E-state index is 12.1. The molecule has 0 aliphatic carbocycles. The van der Waals surface area contributed by atoms with Crippen LogP contribution >= 0.6 is 23.2 Å². The lowest BCUT2D eigenvalue weighted by atomic mass is 10.1. The molecule has 0 saturated heterocycles. The van der Waals surface area contributed by atoms with E-state index >= 15 is 0 Å². The van der Waals surface area contributed by atoms with Crippen molar-refractivity contribution in [2.24, 2.45) is 0 Å². The minimum atomic E-state index is -0.435. The van der Waals surface area contributed by atoms with E-state index in [1.54, 1.807) is 25.1 Å². The lowest BCUT2D eigenvalue weighted by Gasteiger charge is -2.10. The van der Waals surface area contributed by atoms with Gasteiger partial charge in [0.25, 0.3) is 0 Å². The van der Waals surface area contributed by atoms with Crippen molar-refractivity contribution < 1.29 is 19.0 Å². The van der Waals surface area contributed by atoms with Crippen LogP contribution in [0.3, 0.4) is 0 Å². The Kier molecular flexibility index (Phi) is 7.64. The van der Waals surface area contributed by atoms with Crippen LogP contribution in [0, 0.1) is 0 Å². The van der Waals surface area contributed by atoms with E-state index in [4.69, 9.17) is 37.4 Å². The Labute approximate surface area is 156 Å². The Morgan fingerprint density at radius 2 is 1.84 bits per heavy atom. The topological polar surface area (TPSA) is 44.8 Å². The highest BCUT2D eigenvalue weighted by Crippen LogP contribution is 2.27. The molecule has 4 nitrogen and oxygen atoms in total. The third-order valence-electron chi connectivity index (χ3n) is 3.13. The Hall–Kier alpha value is -2.17. The zero-order valence-electron chi connectivity index (χ0n) is 13.7. The molecule has 0 N–H and O–H groups in total. The van der Waals surface area contributed by atoms with Gasteiger partial charge in [0.1, 0.15) is 24.5 Å². The maximum atomic E-state index is 12.1. The van der Waals surface area contributed by atoms with Crippen molar-refractivity contribution in [3.05, 3.63) is 70.4 Å². The molecule has 0 atom stereocenters. The molecule has 2 aromatic carbocycles. The fraction of sp³-hybridized carbons (Fsp3) is 0.211. The SMILES string of the molecule is CCOC(=O)/C(=C/OCCOc1ccc(Cl)cc1Cl)c1ccccc1. The van der Waals surface area contributed by atoms with Crippen molar-refractivity contribution in [3.63, 3.8) is 0 Å². The predicted molar refractivity (Wildman–Crippen MR) is 99.0 cm³/mol. The van der Waals surface area contributed by atoms with E-state index < -0.39 is 5.97 Å². The van der Waals surface area contributed by atoms with Crippen molar-refractivity contribution in [2.45, 2.75) is 6.92 Å². The molecule has 0 aromatic heterocycles. The molecule has 0 spiro atoms. The van der Waals surface area contributed by atoms with Crippen LogP contribution in [0.15, 0.2) is 54.8 Å². The standard InChI is InChI=1S/C19H18Cl2O4/c1-2-24-19(22)16(14-6-4-3-5-7-14)13-23-10-11-25-18-9-8-15(20)12-17(18)21/h3-9,12-13H,2,10-11H2,1H3/b16-13+. The van der Waals surface area contributed by atoms with Gasteiger partial charge in [-0.2, -0.15) is 0 Å². The summed E-state index contributed by atoms with van der Waals surface area (Å²) in [4.78, 5) is 12.1. The number of halogens is 2. The van der Waals surface area contributed by atoms with E-state index in [0.717, 1.165) is 5.56 Å². The first-order valence-corrected chi connectivity index (χ1v) is 8.49. The van der Waals surface area contributed by atoms with Gasteiger partial charge in [-0.3, -0.25) is 0 Å². The highest BCUT2D eigenvalue weighted by Gasteiger charge is 2.13. The quantitative estimate of drug-likeness (QED) is 0.280. The number of carbonyl (C=O) groups is 1. The summed E-state index contributed by atoms with van der Waals surface area (Å²) in [6, 6.07) is 14.2. The van der Waals surface area contributed by atoms with Crippen molar-refractivity contribution >= 4 is 34.7 Å². The first-order chi connectivity index (χ1) is 12.1. The van der Waals surface area contributed by atoms with Crippen LogP contribution in [-0.2, 0) is 14.3 Å². The second-order valence-electron chi connectivity index (χ2n) is 4.91. The molecule has 0 amide bonds. The van der Waals surface area contributed by atoms with Gasteiger partial charge >= 0.3 is 5.97 Å². The lowest BCUT2D eigenvalue weighted by molar-refractivity contribution is -0.136. The van der Waals surface area contributed by atoms with Gasteiger partial charge < -0.3 is 14.2 Å². The van der Waals surface area contributed by atoms with E-state index in [0.29, 0.717) is 28.0 Å². The smallest absolute Gasteiger partial charge is 0.341 e. The Morgan fingerprint density at radius 1 is 1.08 bits per heavy atom. The van der Waals surface area contributed by atoms with Crippen LogP contribution in [0.2, 0.25) is 10.0 Å². The molecule has 0 heterocycles. The van der Waals surface area contributed by atoms with Gasteiger partial charge in [0.15, 0.2) is 0 Å². The van der Waals surface area contributed by atoms with Gasteiger partial charge in [-0.1, -0.05) is 53.5 Å². The van der Waals surface area contributed by atoms with Gasteiger partial charge in [0.2, 0.25) is 0 Å². The van der Waals surface area contributed by atoms with Crippen molar-refractivity contribution in [1.29, 1.82) is 0 Å². The number of benzene rings is 2. The first kappa shape index (κ1) is 19.2. The second kappa shape index (κ2) is 9.97. The zero-order valence-corrected chi connectivity index (χ0v) is 15.2. The summed E-state index contributed by atoms with van der Waals surface area (Å²) in [7, 11) is 0. The summed E-state index contributed by atoms with van der Waals surface area (Å²) in [6.07, 6.45) is 1.39. The molecule has 132 valence electrons. The fourth-order valence-electron chi connectivity index (χ4n) is 1.99. The molecule has 0 aliphatic heterocycles. The molecule has 25 heavy (non-hydrogen) atoms. The highest BCUT2D eigenvalue weighted by molar-refractivity contribution is 6.35.